The Labute approximate surface area is 162 Å². The summed E-state index contributed by atoms with van der Waals surface area (Å²) < 4.78 is 0. The van der Waals surface area contributed by atoms with Crippen LogP contribution in [0.25, 0.3) is 11.1 Å². The van der Waals surface area contributed by atoms with E-state index in [9.17, 15) is 5.26 Å². The van der Waals surface area contributed by atoms with Crippen molar-refractivity contribution in [3.63, 3.8) is 0 Å². The Balaban J connectivity index is 1.60. The van der Waals surface area contributed by atoms with Crippen LogP contribution in [-0.2, 0) is 6.54 Å². The molecule has 0 amide bonds. The molecule has 0 unspecified atom stereocenters. The molecule has 1 aliphatic heterocycles. The molecule has 0 atom stereocenters. The standard InChI is InChI=1S/C23H27ClN2/c1-18(2)23(11-14-25)12-15-26(16-13-23)17-19-3-5-20(6-4-19)21-7-9-22(24)10-8-21/h3-10,18H,11-13,15-17H2,1-2H3. The number of benzene rings is 2. The number of nitrogens with zero attached hydrogens (tertiary/aromatic N) is 2. The zero-order chi connectivity index (χ0) is 18.6. The maximum absolute atomic E-state index is 9.20. The highest BCUT2D eigenvalue weighted by Gasteiger charge is 2.37. The molecular weight excluding hydrogens is 340 g/mol. The fraction of sp³-hybridized carbons (Fsp3) is 0.435. The minimum absolute atomic E-state index is 0.212. The third-order valence-electron chi connectivity index (χ3n) is 6.05. The van der Waals surface area contributed by atoms with Crippen LogP contribution in [0.4, 0.5) is 0 Å². The molecule has 0 saturated carbocycles. The van der Waals surface area contributed by atoms with Crippen molar-refractivity contribution in [3.8, 4) is 17.2 Å². The van der Waals surface area contributed by atoms with Gasteiger partial charge in [0.1, 0.15) is 0 Å². The first-order valence-corrected chi connectivity index (χ1v) is 9.84. The molecule has 0 bridgehead atoms. The molecule has 0 radical (unpaired) electrons. The predicted molar refractivity (Wildman–Crippen MR) is 109 cm³/mol. The molecule has 1 aliphatic rings. The largest absolute Gasteiger partial charge is 0.299 e. The molecular formula is C23H27ClN2. The van der Waals surface area contributed by atoms with Gasteiger partial charge in [-0.05, 0) is 66.1 Å². The zero-order valence-corrected chi connectivity index (χ0v) is 16.5. The summed E-state index contributed by atoms with van der Waals surface area (Å²) in [5.74, 6) is 0.572. The van der Waals surface area contributed by atoms with Gasteiger partial charge in [0.25, 0.3) is 0 Å². The molecule has 26 heavy (non-hydrogen) atoms. The van der Waals surface area contributed by atoms with E-state index in [0.29, 0.717) is 12.3 Å². The van der Waals surface area contributed by atoms with Crippen LogP contribution in [0.1, 0.15) is 38.7 Å². The van der Waals surface area contributed by atoms with Gasteiger partial charge in [0.2, 0.25) is 0 Å². The predicted octanol–water partition coefficient (Wildman–Crippen LogP) is 6.16. The molecule has 0 spiro atoms. The van der Waals surface area contributed by atoms with E-state index < -0.39 is 0 Å². The van der Waals surface area contributed by atoms with E-state index in [1.807, 2.05) is 12.1 Å². The topological polar surface area (TPSA) is 27.0 Å². The van der Waals surface area contributed by atoms with Crippen molar-refractivity contribution in [2.75, 3.05) is 13.1 Å². The Kier molecular flexibility index (Phi) is 6.01. The van der Waals surface area contributed by atoms with Gasteiger partial charge in [0.05, 0.1) is 6.07 Å². The van der Waals surface area contributed by atoms with Crippen LogP contribution in [0.15, 0.2) is 48.5 Å². The molecule has 1 heterocycles. The third kappa shape index (κ3) is 4.29. The van der Waals surface area contributed by atoms with E-state index in [0.717, 1.165) is 37.5 Å². The SMILES string of the molecule is CC(C)C1(CC#N)CCN(Cc2ccc(-c3ccc(Cl)cc3)cc2)CC1. The highest BCUT2D eigenvalue weighted by Crippen LogP contribution is 2.41. The molecule has 3 heteroatoms. The van der Waals surface area contributed by atoms with E-state index in [1.54, 1.807) is 0 Å². The van der Waals surface area contributed by atoms with Crippen molar-refractivity contribution >= 4 is 11.6 Å². The van der Waals surface area contributed by atoms with E-state index in [1.165, 1.54) is 16.7 Å². The first-order chi connectivity index (χ1) is 12.5. The third-order valence-corrected chi connectivity index (χ3v) is 6.30. The van der Waals surface area contributed by atoms with Crippen molar-refractivity contribution in [1.29, 1.82) is 5.26 Å². The average Bonchev–Trinajstić information content (AvgIpc) is 2.65. The number of rotatable bonds is 5. The average molecular weight is 367 g/mol. The lowest BCUT2D eigenvalue weighted by atomic mass is 9.68. The molecule has 2 aromatic rings. The number of likely N-dealkylation sites (tertiary alicyclic amines) is 1. The van der Waals surface area contributed by atoms with Crippen molar-refractivity contribution in [2.24, 2.45) is 11.3 Å². The lowest BCUT2D eigenvalue weighted by molar-refractivity contribution is 0.0617. The van der Waals surface area contributed by atoms with Gasteiger partial charge >= 0.3 is 0 Å². The van der Waals surface area contributed by atoms with Crippen molar-refractivity contribution < 1.29 is 0 Å². The van der Waals surface area contributed by atoms with Crippen molar-refractivity contribution in [2.45, 2.75) is 39.7 Å². The van der Waals surface area contributed by atoms with Crippen LogP contribution < -0.4 is 0 Å². The van der Waals surface area contributed by atoms with Crippen LogP contribution >= 0.6 is 11.6 Å². The Hall–Kier alpha value is -1.82. The monoisotopic (exact) mass is 366 g/mol. The second-order valence-corrected chi connectivity index (χ2v) is 8.27. The fourth-order valence-corrected chi connectivity index (χ4v) is 4.10. The van der Waals surface area contributed by atoms with Crippen molar-refractivity contribution in [3.05, 3.63) is 59.1 Å². The summed E-state index contributed by atoms with van der Waals surface area (Å²) in [7, 11) is 0. The van der Waals surface area contributed by atoms with Crippen LogP contribution in [0.3, 0.4) is 0 Å². The van der Waals surface area contributed by atoms with Crippen LogP contribution in [0.2, 0.25) is 5.02 Å². The van der Waals surface area contributed by atoms with Gasteiger partial charge in [-0.25, -0.2) is 0 Å². The lowest BCUT2D eigenvalue weighted by Gasteiger charge is -2.43. The van der Waals surface area contributed by atoms with E-state index >= 15 is 0 Å². The van der Waals surface area contributed by atoms with Gasteiger partial charge in [-0.2, -0.15) is 5.26 Å². The van der Waals surface area contributed by atoms with E-state index in [4.69, 9.17) is 11.6 Å². The number of hydrogen-bond donors (Lipinski definition) is 0. The molecule has 0 aromatic heterocycles. The minimum Gasteiger partial charge on any atom is -0.299 e. The minimum atomic E-state index is 0.212. The Morgan fingerprint density at radius 1 is 1.00 bits per heavy atom. The highest BCUT2D eigenvalue weighted by atomic mass is 35.5. The summed E-state index contributed by atoms with van der Waals surface area (Å²) in [6.45, 7) is 7.68. The summed E-state index contributed by atoms with van der Waals surface area (Å²) in [5, 5.41) is 9.97. The van der Waals surface area contributed by atoms with Crippen LogP contribution in [0, 0.1) is 22.7 Å². The first kappa shape index (κ1) is 19.0. The normalized spacial score (nSPS) is 17.2. The van der Waals surface area contributed by atoms with Gasteiger partial charge in [-0.3, -0.25) is 4.90 Å². The maximum Gasteiger partial charge on any atom is 0.0627 e. The van der Waals surface area contributed by atoms with Gasteiger partial charge < -0.3 is 0 Å². The smallest absolute Gasteiger partial charge is 0.0627 e. The van der Waals surface area contributed by atoms with Gasteiger partial charge in [0, 0.05) is 18.0 Å². The summed E-state index contributed by atoms with van der Waals surface area (Å²) in [6.07, 6.45) is 2.94. The van der Waals surface area contributed by atoms with Crippen LogP contribution in [-0.4, -0.2) is 18.0 Å². The molecule has 3 rings (SSSR count). The number of hydrogen-bond acceptors (Lipinski definition) is 2. The highest BCUT2D eigenvalue weighted by molar-refractivity contribution is 6.30. The maximum atomic E-state index is 9.20. The molecule has 1 fully saturated rings. The summed E-state index contributed by atoms with van der Waals surface area (Å²) in [5.41, 5.74) is 3.97. The summed E-state index contributed by atoms with van der Waals surface area (Å²) in [4.78, 5) is 2.52. The molecule has 0 aliphatic carbocycles. The van der Waals surface area contributed by atoms with E-state index in [-0.39, 0.29) is 5.41 Å². The Morgan fingerprint density at radius 2 is 1.54 bits per heavy atom. The number of piperidine rings is 1. The zero-order valence-electron chi connectivity index (χ0n) is 15.7. The molecule has 1 saturated heterocycles. The summed E-state index contributed by atoms with van der Waals surface area (Å²) >= 11 is 5.97. The second kappa shape index (κ2) is 8.25. The fourth-order valence-electron chi connectivity index (χ4n) is 3.98. The molecule has 136 valence electrons. The van der Waals surface area contributed by atoms with Crippen LogP contribution in [0.5, 0.6) is 0 Å². The number of nitriles is 1. The Morgan fingerprint density at radius 3 is 2.04 bits per heavy atom. The van der Waals surface area contributed by atoms with Gasteiger partial charge in [-0.1, -0.05) is 61.8 Å². The van der Waals surface area contributed by atoms with Gasteiger partial charge in [-0.15, -0.1) is 0 Å². The van der Waals surface area contributed by atoms with Crippen molar-refractivity contribution in [1.82, 2.24) is 4.90 Å². The lowest BCUT2D eigenvalue weighted by Crippen LogP contribution is -2.42. The number of halogens is 1. The summed E-state index contributed by atoms with van der Waals surface area (Å²) in [6, 6.07) is 19.2. The van der Waals surface area contributed by atoms with Gasteiger partial charge in [0.15, 0.2) is 0 Å². The first-order valence-electron chi connectivity index (χ1n) is 9.47. The Bertz CT molecular complexity index is 748. The van der Waals surface area contributed by atoms with E-state index in [2.05, 4.69) is 61.2 Å². The molecule has 2 nitrogen and oxygen atoms in total. The second-order valence-electron chi connectivity index (χ2n) is 7.83. The quantitative estimate of drug-likeness (QED) is 0.633. The molecule has 0 N–H and O–H groups in total. The molecule has 2 aromatic carbocycles.